The van der Waals surface area contributed by atoms with Crippen LogP contribution in [0.2, 0.25) is 0 Å². The average molecular weight is 282 g/mol. The number of hydrogen-bond donors (Lipinski definition) is 1. The van der Waals surface area contributed by atoms with Crippen molar-refractivity contribution in [1.29, 1.82) is 0 Å². The Kier molecular flexibility index (Phi) is 4.57. The first-order valence-electron chi connectivity index (χ1n) is 6.40. The molecule has 0 bridgehead atoms. The Balaban J connectivity index is 1.89. The molecule has 19 heavy (non-hydrogen) atoms. The molecule has 2 rings (SSSR count). The number of aromatic nitrogens is 3. The molecule has 0 spiro atoms. The summed E-state index contributed by atoms with van der Waals surface area (Å²) in [6, 6.07) is 0. The second kappa shape index (κ2) is 6.18. The minimum absolute atomic E-state index is 0.0970. The summed E-state index contributed by atoms with van der Waals surface area (Å²) in [4.78, 5) is 27.9. The van der Waals surface area contributed by atoms with E-state index in [2.05, 4.69) is 22.1 Å². The van der Waals surface area contributed by atoms with Gasteiger partial charge in [0.05, 0.1) is 5.75 Å². The molecule has 1 saturated heterocycles. The van der Waals surface area contributed by atoms with E-state index in [4.69, 9.17) is 0 Å². The van der Waals surface area contributed by atoms with Gasteiger partial charge in [-0.2, -0.15) is 0 Å². The zero-order chi connectivity index (χ0) is 13.8. The van der Waals surface area contributed by atoms with E-state index in [9.17, 15) is 9.59 Å². The van der Waals surface area contributed by atoms with E-state index in [1.165, 1.54) is 18.2 Å². The van der Waals surface area contributed by atoms with E-state index in [1.54, 1.807) is 6.92 Å². The standard InChI is InChI=1S/C12H18N4O2S/c1-8-4-3-5-16(6-8)10(17)7-19-12-13-11(18)9(2)14-15-12/h8H,3-7H2,1-2H3,(H,13,15,18). The highest BCUT2D eigenvalue weighted by atomic mass is 32.2. The summed E-state index contributed by atoms with van der Waals surface area (Å²) in [6.07, 6.45) is 2.26. The number of piperidine rings is 1. The monoisotopic (exact) mass is 282 g/mol. The van der Waals surface area contributed by atoms with Crippen LogP contribution in [-0.4, -0.2) is 44.8 Å². The number of aromatic amines is 1. The predicted molar refractivity (Wildman–Crippen MR) is 73.1 cm³/mol. The van der Waals surface area contributed by atoms with Crippen molar-refractivity contribution in [2.45, 2.75) is 31.8 Å². The van der Waals surface area contributed by atoms with Gasteiger partial charge in [-0.3, -0.25) is 14.6 Å². The molecule has 0 aliphatic carbocycles. The molecule has 104 valence electrons. The van der Waals surface area contributed by atoms with E-state index in [0.29, 0.717) is 22.5 Å². The highest BCUT2D eigenvalue weighted by Gasteiger charge is 2.21. The molecular formula is C12H18N4O2S. The fourth-order valence-corrected chi connectivity index (χ4v) is 2.79. The van der Waals surface area contributed by atoms with Crippen LogP contribution < -0.4 is 5.56 Å². The van der Waals surface area contributed by atoms with Gasteiger partial charge in [0, 0.05) is 13.1 Å². The van der Waals surface area contributed by atoms with Gasteiger partial charge in [-0.15, -0.1) is 10.2 Å². The lowest BCUT2D eigenvalue weighted by atomic mass is 10.0. The molecule has 0 radical (unpaired) electrons. The summed E-state index contributed by atoms with van der Waals surface area (Å²) in [6.45, 7) is 5.42. The van der Waals surface area contributed by atoms with E-state index in [0.717, 1.165) is 19.5 Å². The SMILES string of the molecule is Cc1nnc(SCC(=O)N2CCCC(C)C2)[nH]c1=O. The van der Waals surface area contributed by atoms with Gasteiger partial charge in [-0.05, 0) is 25.7 Å². The molecule has 1 aliphatic rings. The maximum Gasteiger partial charge on any atom is 0.273 e. The number of H-pyrrole nitrogens is 1. The molecule has 1 atom stereocenters. The minimum atomic E-state index is -0.253. The first kappa shape index (κ1) is 14.0. The third-order valence-corrected chi connectivity index (χ3v) is 4.03. The first-order chi connectivity index (χ1) is 9.06. The number of carbonyl (C=O) groups excluding carboxylic acids is 1. The number of aryl methyl sites for hydroxylation is 1. The summed E-state index contributed by atoms with van der Waals surface area (Å²) in [7, 11) is 0. The fraction of sp³-hybridized carbons (Fsp3) is 0.667. The number of thioether (sulfide) groups is 1. The lowest BCUT2D eigenvalue weighted by Gasteiger charge is -2.30. The van der Waals surface area contributed by atoms with E-state index in [-0.39, 0.29) is 11.5 Å². The van der Waals surface area contributed by atoms with Crippen LogP contribution in [0.3, 0.4) is 0 Å². The molecule has 1 aromatic rings. The maximum absolute atomic E-state index is 12.0. The number of likely N-dealkylation sites (tertiary alicyclic amines) is 1. The van der Waals surface area contributed by atoms with Crippen molar-refractivity contribution < 1.29 is 4.79 Å². The summed E-state index contributed by atoms with van der Waals surface area (Å²) in [5.74, 6) is 0.960. The topological polar surface area (TPSA) is 79.0 Å². The Hall–Kier alpha value is -1.37. The highest BCUT2D eigenvalue weighted by Crippen LogP contribution is 2.17. The van der Waals surface area contributed by atoms with Crippen molar-refractivity contribution in [2.75, 3.05) is 18.8 Å². The van der Waals surface area contributed by atoms with Gasteiger partial charge < -0.3 is 4.90 Å². The molecule has 1 unspecified atom stereocenters. The number of nitrogens with one attached hydrogen (secondary N) is 1. The van der Waals surface area contributed by atoms with Gasteiger partial charge in [0.1, 0.15) is 5.69 Å². The summed E-state index contributed by atoms with van der Waals surface area (Å²) < 4.78 is 0. The van der Waals surface area contributed by atoms with Crippen molar-refractivity contribution in [3.8, 4) is 0 Å². The largest absolute Gasteiger partial charge is 0.342 e. The third kappa shape index (κ3) is 3.79. The van der Waals surface area contributed by atoms with Gasteiger partial charge in [0.25, 0.3) is 5.56 Å². The van der Waals surface area contributed by atoms with Gasteiger partial charge >= 0.3 is 0 Å². The van der Waals surface area contributed by atoms with Crippen LogP contribution in [0.25, 0.3) is 0 Å². The lowest BCUT2D eigenvalue weighted by Crippen LogP contribution is -2.40. The number of nitrogens with zero attached hydrogens (tertiary/aromatic N) is 3. The molecule has 1 amide bonds. The first-order valence-corrected chi connectivity index (χ1v) is 7.39. The summed E-state index contributed by atoms with van der Waals surface area (Å²) in [5.41, 5.74) is 0.0806. The van der Waals surface area contributed by atoms with E-state index < -0.39 is 0 Å². The smallest absolute Gasteiger partial charge is 0.273 e. The Morgan fingerprint density at radius 2 is 2.32 bits per heavy atom. The van der Waals surface area contributed by atoms with Gasteiger partial charge in [-0.25, -0.2) is 0 Å². The van der Waals surface area contributed by atoms with Gasteiger partial charge in [0.15, 0.2) is 5.16 Å². The Labute approximate surface area is 116 Å². The number of carbonyl (C=O) groups is 1. The zero-order valence-electron chi connectivity index (χ0n) is 11.2. The number of rotatable bonds is 3. The fourth-order valence-electron chi connectivity index (χ4n) is 2.08. The molecule has 1 aliphatic heterocycles. The van der Waals surface area contributed by atoms with E-state index >= 15 is 0 Å². The van der Waals surface area contributed by atoms with Crippen LogP contribution in [-0.2, 0) is 4.79 Å². The second-order valence-corrected chi connectivity index (χ2v) is 5.88. The molecule has 1 aromatic heterocycles. The average Bonchev–Trinajstić information content (AvgIpc) is 2.40. The Morgan fingerprint density at radius 3 is 3.00 bits per heavy atom. The van der Waals surface area contributed by atoms with Crippen molar-refractivity contribution >= 4 is 17.7 Å². The van der Waals surface area contributed by atoms with Crippen LogP contribution in [0.4, 0.5) is 0 Å². The van der Waals surface area contributed by atoms with Crippen LogP contribution >= 0.6 is 11.8 Å². The summed E-state index contributed by atoms with van der Waals surface area (Å²) >= 11 is 1.23. The molecule has 0 saturated carbocycles. The maximum atomic E-state index is 12.0. The molecule has 1 fully saturated rings. The zero-order valence-corrected chi connectivity index (χ0v) is 12.0. The predicted octanol–water partition coefficient (Wildman–Crippen LogP) is 0.824. The van der Waals surface area contributed by atoms with Crippen LogP contribution in [0, 0.1) is 12.8 Å². The molecular weight excluding hydrogens is 264 g/mol. The second-order valence-electron chi connectivity index (χ2n) is 4.92. The highest BCUT2D eigenvalue weighted by molar-refractivity contribution is 7.99. The normalized spacial score (nSPS) is 19.5. The van der Waals surface area contributed by atoms with E-state index in [1.807, 2.05) is 4.90 Å². The van der Waals surface area contributed by atoms with Gasteiger partial charge in [0.2, 0.25) is 5.91 Å². The van der Waals surface area contributed by atoms with Crippen molar-refractivity contribution in [1.82, 2.24) is 20.1 Å². The number of hydrogen-bond acceptors (Lipinski definition) is 5. The molecule has 2 heterocycles. The number of amides is 1. The van der Waals surface area contributed by atoms with Crippen molar-refractivity contribution in [3.05, 3.63) is 16.0 Å². The molecule has 0 aromatic carbocycles. The van der Waals surface area contributed by atoms with Crippen LogP contribution in [0.1, 0.15) is 25.5 Å². The quantitative estimate of drug-likeness (QED) is 0.831. The summed E-state index contributed by atoms with van der Waals surface area (Å²) in [5, 5.41) is 8.00. The van der Waals surface area contributed by atoms with Crippen LogP contribution in [0.15, 0.2) is 9.95 Å². The molecule has 6 nitrogen and oxygen atoms in total. The van der Waals surface area contributed by atoms with Gasteiger partial charge in [-0.1, -0.05) is 18.7 Å². The van der Waals surface area contributed by atoms with Crippen molar-refractivity contribution in [3.63, 3.8) is 0 Å². The Morgan fingerprint density at radius 1 is 1.53 bits per heavy atom. The minimum Gasteiger partial charge on any atom is -0.342 e. The molecule has 7 heteroatoms. The van der Waals surface area contributed by atoms with Crippen LogP contribution in [0.5, 0.6) is 0 Å². The lowest BCUT2D eigenvalue weighted by molar-refractivity contribution is -0.130. The third-order valence-electron chi connectivity index (χ3n) is 3.18. The Bertz CT molecular complexity index is 517. The van der Waals surface area contributed by atoms with Crippen molar-refractivity contribution in [2.24, 2.45) is 5.92 Å². The molecule has 1 N–H and O–H groups in total.